The molecular weight excluding hydrogens is 218 g/mol. The number of nitrogens with one attached hydrogen (secondary N) is 1. The molecule has 0 fully saturated rings. The molecule has 1 N–H and O–H groups in total. The molecule has 0 aliphatic heterocycles. The quantitative estimate of drug-likeness (QED) is 0.723. The van der Waals surface area contributed by atoms with E-state index in [-0.39, 0.29) is 0 Å². The van der Waals surface area contributed by atoms with Gasteiger partial charge in [-0.25, -0.2) is 4.98 Å². The minimum absolute atomic E-state index is 0.574. The van der Waals surface area contributed by atoms with Crippen LogP contribution in [0.4, 0.5) is 0 Å². The summed E-state index contributed by atoms with van der Waals surface area (Å²) >= 11 is 0. The van der Waals surface area contributed by atoms with Crippen molar-refractivity contribution in [3.63, 3.8) is 0 Å². The molecule has 3 aromatic rings. The molecule has 0 aliphatic rings. The molecule has 0 unspecified atom stereocenters. The normalized spacial score (nSPS) is 11.1. The lowest BCUT2D eigenvalue weighted by atomic mass is 10.4. The van der Waals surface area contributed by atoms with Crippen molar-refractivity contribution in [2.45, 2.75) is 13.1 Å². The summed E-state index contributed by atoms with van der Waals surface area (Å²) in [7, 11) is 0. The molecule has 17 heavy (non-hydrogen) atoms. The molecule has 0 saturated carbocycles. The summed E-state index contributed by atoms with van der Waals surface area (Å²) in [6.07, 6.45) is 5.30. The number of pyridine rings is 1. The van der Waals surface area contributed by atoms with E-state index in [0.717, 1.165) is 11.3 Å². The van der Waals surface area contributed by atoms with Gasteiger partial charge in [0.1, 0.15) is 5.65 Å². The first kappa shape index (κ1) is 9.98. The molecule has 6 nitrogen and oxygen atoms in total. The van der Waals surface area contributed by atoms with E-state index in [1.165, 1.54) is 6.39 Å². The van der Waals surface area contributed by atoms with Crippen molar-refractivity contribution in [3.8, 4) is 0 Å². The Labute approximate surface area is 97.3 Å². The van der Waals surface area contributed by atoms with Gasteiger partial charge in [-0.05, 0) is 12.1 Å². The number of fused-ring (bicyclic) bond motifs is 1. The van der Waals surface area contributed by atoms with Gasteiger partial charge in [0.15, 0.2) is 5.82 Å². The SMILES string of the molecule is c1ccn2cc(CNCc3ncon3)nc2c1. The highest BCUT2D eigenvalue weighted by atomic mass is 16.5. The number of aromatic nitrogens is 4. The Kier molecular flexibility index (Phi) is 2.55. The lowest BCUT2D eigenvalue weighted by molar-refractivity contribution is 0.407. The first-order valence-electron chi connectivity index (χ1n) is 5.30. The Bertz CT molecular complexity index is 568. The highest BCUT2D eigenvalue weighted by molar-refractivity contribution is 5.39. The largest absolute Gasteiger partial charge is 0.343 e. The molecule has 0 amide bonds. The van der Waals surface area contributed by atoms with Gasteiger partial charge in [-0.3, -0.25) is 0 Å². The van der Waals surface area contributed by atoms with Gasteiger partial charge < -0.3 is 14.2 Å². The van der Waals surface area contributed by atoms with Gasteiger partial charge >= 0.3 is 0 Å². The smallest absolute Gasteiger partial charge is 0.213 e. The number of rotatable bonds is 4. The third-order valence-electron chi connectivity index (χ3n) is 2.41. The Balaban J connectivity index is 1.65. The van der Waals surface area contributed by atoms with E-state index in [1.807, 2.05) is 35.0 Å². The van der Waals surface area contributed by atoms with Crippen LogP contribution in [0, 0.1) is 0 Å². The standard InChI is InChI=1S/C11H11N5O/c1-2-4-16-7-9(14-11(16)3-1)5-12-6-10-13-8-17-15-10/h1-4,7-8,12H,5-6H2. The van der Waals surface area contributed by atoms with Crippen LogP contribution in [0.15, 0.2) is 41.5 Å². The second kappa shape index (κ2) is 4.34. The van der Waals surface area contributed by atoms with E-state index < -0.39 is 0 Å². The second-order valence-electron chi connectivity index (χ2n) is 3.65. The maximum atomic E-state index is 4.64. The molecule has 3 aromatic heterocycles. The van der Waals surface area contributed by atoms with E-state index in [1.54, 1.807) is 0 Å². The van der Waals surface area contributed by atoms with Gasteiger partial charge in [-0.1, -0.05) is 11.2 Å². The maximum Gasteiger partial charge on any atom is 0.213 e. The van der Waals surface area contributed by atoms with Gasteiger partial charge in [0.2, 0.25) is 6.39 Å². The summed E-state index contributed by atoms with van der Waals surface area (Å²) in [4.78, 5) is 8.39. The van der Waals surface area contributed by atoms with Crippen LogP contribution in [-0.4, -0.2) is 19.5 Å². The summed E-state index contributed by atoms with van der Waals surface area (Å²) in [5.41, 5.74) is 1.93. The molecule has 0 radical (unpaired) electrons. The Hall–Kier alpha value is -2.21. The van der Waals surface area contributed by atoms with Crippen LogP contribution >= 0.6 is 0 Å². The Morgan fingerprint density at radius 3 is 3.12 bits per heavy atom. The van der Waals surface area contributed by atoms with Crippen molar-refractivity contribution >= 4 is 5.65 Å². The maximum absolute atomic E-state index is 4.64. The molecule has 0 bridgehead atoms. The van der Waals surface area contributed by atoms with Crippen molar-refractivity contribution in [1.82, 2.24) is 24.8 Å². The molecule has 6 heteroatoms. The van der Waals surface area contributed by atoms with E-state index in [4.69, 9.17) is 0 Å². The Morgan fingerprint density at radius 1 is 1.29 bits per heavy atom. The number of hydrogen-bond donors (Lipinski definition) is 1. The molecule has 0 saturated heterocycles. The van der Waals surface area contributed by atoms with E-state index in [2.05, 4.69) is 25.0 Å². The summed E-state index contributed by atoms with van der Waals surface area (Å²) in [5, 5.41) is 6.92. The van der Waals surface area contributed by atoms with Gasteiger partial charge in [0, 0.05) is 18.9 Å². The predicted octanol–water partition coefficient (Wildman–Crippen LogP) is 1.01. The van der Waals surface area contributed by atoms with Crippen LogP contribution < -0.4 is 5.32 Å². The fraction of sp³-hybridized carbons (Fsp3) is 0.182. The molecule has 0 spiro atoms. The van der Waals surface area contributed by atoms with Crippen LogP contribution in [0.25, 0.3) is 5.65 Å². The molecule has 0 atom stereocenters. The minimum atomic E-state index is 0.574. The van der Waals surface area contributed by atoms with Crippen molar-refractivity contribution in [1.29, 1.82) is 0 Å². The first-order chi connectivity index (χ1) is 8.42. The lowest BCUT2D eigenvalue weighted by Crippen LogP contribution is -2.13. The average molecular weight is 229 g/mol. The topological polar surface area (TPSA) is 68.2 Å². The molecule has 3 heterocycles. The third-order valence-corrected chi connectivity index (χ3v) is 2.41. The zero-order chi connectivity index (χ0) is 11.5. The zero-order valence-electron chi connectivity index (χ0n) is 9.08. The fourth-order valence-corrected chi connectivity index (χ4v) is 1.65. The van der Waals surface area contributed by atoms with Gasteiger partial charge in [0.05, 0.1) is 12.2 Å². The number of nitrogens with zero attached hydrogens (tertiary/aromatic N) is 4. The highest BCUT2D eigenvalue weighted by Crippen LogP contribution is 2.04. The number of imidazole rings is 1. The van der Waals surface area contributed by atoms with Crippen LogP contribution in [0.2, 0.25) is 0 Å². The third kappa shape index (κ3) is 2.16. The van der Waals surface area contributed by atoms with Crippen LogP contribution in [0.3, 0.4) is 0 Å². The molecule has 3 rings (SSSR count). The molecular formula is C11H11N5O. The van der Waals surface area contributed by atoms with Crippen LogP contribution in [0.1, 0.15) is 11.5 Å². The highest BCUT2D eigenvalue weighted by Gasteiger charge is 2.01. The Morgan fingerprint density at radius 2 is 2.29 bits per heavy atom. The van der Waals surface area contributed by atoms with Crippen molar-refractivity contribution < 1.29 is 4.52 Å². The van der Waals surface area contributed by atoms with Gasteiger partial charge in [0.25, 0.3) is 0 Å². The monoisotopic (exact) mass is 229 g/mol. The first-order valence-corrected chi connectivity index (χ1v) is 5.30. The number of hydrogen-bond acceptors (Lipinski definition) is 5. The fourth-order valence-electron chi connectivity index (χ4n) is 1.65. The molecule has 86 valence electrons. The minimum Gasteiger partial charge on any atom is -0.343 e. The van der Waals surface area contributed by atoms with Crippen molar-refractivity contribution in [3.05, 3.63) is 48.5 Å². The van der Waals surface area contributed by atoms with E-state index >= 15 is 0 Å². The lowest BCUT2D eigenvalue weighted by Gasteiger charge is -1.96. The summed E-state index contributed by atoms with van der Waals surface area (Å²) in [6.45, 7) is 1.25. The van der Waals surface area contributed by atoms with E-state index in [9.17, 15) is 0 Å². The van der Waals surface area contributed by atoms with Gasteiger partial charge in [-0.15, -0.1) is 0 Å². The predicted molar refractivity (Wildman–Crippen MR) is 60.0 cm³/mol. The van der Waals surface area contributed by atoms with E-state index in [0.29, 0.717) is 18.9 Å². The summed E-state index contributed by atoms with van der Waals surface area (Å²) in [6, 6.07) is 5.92. The van der Waals surface area contributed by atoms with Crippen LogP contribution in [0.5, 0.6) is 0 Å². The average Bonchev–Trinajstić information content (AvgIpc) is 2.96. The summed E-state index contributed by atoms with van der Waals surface area (Å²) in [5.74, 6) is 0.647. The zero-order valence-corrected chi connectivity index (χ0v) is 9.08. The summed E-state index contributed by atoms with van der Waals surface area (Å²) < 4.78 is 6.64. The van der Waals surface area contributed by atoms with Crippen molar-refractivity contribution in [2.24, 2.45) is 0 Å². The van der Waals surface area contributed by atoms with Gasteiger partial charge in [-0.2, -0.15) is 4.98 Å². The van der Waals surface area contributed by atoms with Crippen molar-refractivity contribution in [2.75, 3.05) is 0 Å². The molecule has 0 aromatic carbocycles. The van der Waals surface area contributed by atoms with Crippen LogP contribution in [-0.2, 0) is 13.1 Å². The molecule has 0 aliphatic carbocycles. The second-order valence-corrected chi connectivity index (χ2v) is 3.65.